The van der Waals surface area contributed by atoms with Crippen LogP contribution in [0.2, 0.25) is 0 Å². The fourth-order valence-corrected chi connectivity index (χ4v) is 5.05. The summed E-state index contributed by atoms with van der Waals surface area (Å²) in [6.45, 7) is 3.08. The van der Waals surface area contributed by atoms with Gasteiger partial charge in [-0.25, -0.2) is 9.97 Å². The molecule has 36 heavy (non-hydrogen) atoms. The van der Waals surface area contributed by atoms with E-state index in [1.54, 1.807) is 26.6 Å². The largest absolute Gasteiger partial charge is 0.497 e. The number of methoxy groups -OCH3 is 2. The maximum atomic E-state index is 13.6. The van der Waals surface area contributed by atoms with Gasteiger partial charge in [0.1, 0.15) is 12.1 Å². The first kappa shape index (κ1) is 23.7. The first-order valence-electron chi connectivity index (χ1n) is 12.2. The molecule has 1 aliphatic rings. The third kappa shape index (κ3) is 4.46. The highest BCUT2D eigenvalue weighted by Gasteiger charge is 2.33. The molecule has 0 spiro atoms. The summed E-state index contributed by atoms with van der Waals surface area (Å²) in [5, 5.41) is 1.13. The molecule has 5 rings (SSSR count). The minimum atomic E-state index is -0.137. The van der Waals surface area contributed by atoms with Gasteiger partial charge in [-0.3, -0.25) is 4.79 Å². The Morgan fingerprint density at radius 1 is 1.11 bits per heavy atom. The zero-order valence-electron chi connectivity index (χ0n) is 20.8. The van der Waals surface area contributed by atoms with Crippen molar-refractivity contribution < 1.29 is 19.0 Å². The summed E-state index contributed by atoms with van der Waals surface area (Å²) in [6.07, 6.45) is 8.90. The van der Waals surface area contributed by atoms with Crippen molar-refractivity contribution in [3.8, 4) is 17.2 Å². The van der Waals surface area contributed by atoms with Gasteiger partial charge in [-0.1, -0.05) is 0 Å². The van der Waals surface area contributed by atoms with Crippen molar-refractivity contribution in [2.45, 2.75) is 32.2 Å². The van der Waals surface area contributed by atoms with Crippen molar-refractivity contribution in [1.29, 1.82) is 0 Å². The van der Waals surface area contributed by atoms with E-state index >= 15 is 0 Å². The number of nitrogens with one attached hydrogen (secondary N) is 1. The number of ether oxygens (including phenoxy) is 3. The normalized spacial score (nSPS) is 15.0. The Balaban J connectivity index is 1.52. The van der Waals surface area contributed by atoms with Crippen LogP contribution in [0.15, 0.2) is 55.2 Å². The van der Waals surface area contributed by atoms with Crippen LogP contribution in [0.4, 0.5) is 0 Å². The molecule has 1 aliphatic heterocycles. The highest BCUT2D eigenvalue weighted by molar-refractivity contribution is 5.94. The highest BCUT2D eigenvalue weighted by atomic mass is 16.5. The van der Waals surface area contributed by atoms with Crippen LogP contribution in [0, 0.1) is 0 Å². The maximum absolute atomic E-state index is 13.6. The molecule has 0 radical (unpaired) electrons. The average molecular weight is 487 g/mol. The number of hydrogen-bond acceptors (Lipinski definition) is 6. The minimum Gasteiger partial charge on any atom is -0.497 e. The summed E-state index contributed by atoms with van der Waals surface area (Å²) in [5.41, 5.74) is 5.00. The number of aromatic nitrogens is 3. The lowest BCUT2D eigenvalue weighted by Gasteiger charge is -2.38. The van der Waals surface area contributed by atoms with E-state index in [-0.39, 0.29) is 11.9 Å². The van der Waals surface area contributed by atoms with Gasteiger partial charge in [-0.2, -0.15) is 0 Å². The van der Waals surface area contributed by atoms with Crippen LogP contribution in [0.25, 0.3) is 10.9 Å². The summed E-state index contributed by atoms with van der Waals surface area (Å²) < 4.78 is 16.9. The third-order valence-corrected chi connectivity index (χ3v) is 6.81. The van der Waals surface area contributed by atoms with E-state index in [0.29, 0.717) is 30.2 Å². The SMILES string of the molecule is CCOc1cc2c(cc1OC)CCN(C(=O)c1cncnc1)C2CCc1c[nH]c2ccc(OC)cc12. The number of amides is 1. The fraction of sp³-hybridized carbons (Fsp3) is 0.321. The molecule has 1 amide bonds. The number of H-pyrrole nitrogens is 1. The molecule has 2 aromatic carbocycles. The number of aryl methyl sites for hydroxylation is 1. The van der Waals surface area contributed by atoms with Crippen molar-refractivity contribution in [1.82, 2.24) is 19.9 Å². The molecule has 8 heteroatoms. The van der Waals surface area contributed by atoms with E-state index in [1.165, 1.54) is 17.5 Å². The van der Waals surface area contributed by atoms with Gasteiger partial charge < -0.3 is 24.1 Å². The van der Waals surface area contributed by atoms with Crippen LogP contribution in [-0.2, 0) is 12.8 Å². The summed E-state index contributed by atoms with van der Waals surface area (Å²) in [4.78, 5) is 27.0. The van der Waals surface area contributed by atoms with E-state index < -0.39 is 0 Å². The van der Waals surface area contributed by atoms with Crippen molar-refractivity contribution in [3.63, 3.8) is 0 Å². The molecule has 0 saturated heterocycles. The lowest BCUT2D eigenvalue weighted by atomic mass is 9.88. The van der Waals surface area contributed by atoms with Crippen LogP contribution < -0.4 is 14.2 Å². The number of carbonyl (C=O) groups is 1. The van der Waals surface area contributed by atoms with Gasteiger partial charge in [-0.15, -0.1) is 0 Å². The lowest BCUT2D eigenvalue weighted by Crippen LogP contribution is -2.40. The van der Waals surface area contributed by atoms with Gasteiger partial charge in [0.25, 0.3) is 5.91 Å². The second kappa shape index (κ2) is 10.3. The highest BCUT2D eigenvalue weighted by Crippen LogP contribution is 2.41. The Kier molecular flexibility index (Phi) is 6.75. The van der Waals surface area contributed by atoms with Gasteiger partial charge in [0.15, 0.2) is 11.5 Å². The second-order valence-electron chi connectivity index (χ2n) is 8.79. The van der Waals surface area contributed by atoms with Crippen LogP contribution in [-0.4, -0.2) is 53.1 Å². The van der Waals surface area contributed by atoms with Gasteiger partial charge in [0, 0.05) is 36.0 Å². The molecule has 1 atom stereocenters. The molecule has 0 saturated carbocycles. The number of hydrogen-bond donors (Lipinski definition) is 1. The smallest absolute Gasteiger partial charge is 0.257 e. The molecular formula is C28H30N4O4. The third-order valence-electron chi connectivity index (χ3n) is 6.81. The minimum absolute atomic E-state index is 0.0689. The van der Waals surface area contributed by atoms with Crippen molar-refractivity contribution in [2.75, 3.05) is 27.4 Å². The molecule has 0 fully saturated rings. The van der Waals surface area contributed by atoms with Gasteiger partial charge >= 0.3 is 0 Å². The van der Waals surface area contributed by atoms with Gasteiger partial charge in [0.2, 0.25) is 0 Å². The van der Waals surface area contributed by atoms with Crippen LogP contribution in [0.1, 0.15) is 46.4 Å². The Hall–Kier alpha value is -4.07. The number of fused-ring (bicyclic) bond motifs is 2. The quantitative estimate of drug-likeness (QED) is 0.387. The van der Waals surface area contributed by atoms with Crippen LogP contribution in [0.3, 0.4) is 0 Å². The molecule has 0 bridgehead atoms. The Bertz CT molecular complexity index is 1370. The van der Waals surface area contributed by atoms with E-state index in [0.717, 1.165) is 41.5 Å². The van der Waals surface area contributed by atoms with E-state index in [1.807, 2.05) is 36.2 Å². The zero-order valence-corrected chi connectivity index (χ0v) is 20.8. The molecular weight excluding hydrogens is 456 g/mol. The maximum Gasteiger partial charge on any atom is 0.257 e. The van der Waals surface area contributed by atoms with Crippen LogP contribution >= 0.6 is 0 Å². The molecule has 1 unspecified atom stereocenters. The Labute approximate surface area is 210 Å². The van der Waals surface area contributed by atoms with Crippen LogP contribution in [0.5, 0.6) is 17.2 Å². The molecule has 4 aromatic rings. The number of aromatic amines is 1. The average Bonchev–Trinajstić information content (AvgIpc) is 3.33. The molecule has 186 valence electrons. The monoisotopic (exact) mass is 486 g/mol. The first-order chi connectivity index (χ1) is 17.6. The second-order valence-corrected chi connectivity index (χ2v) is 8.79. The Morgan fingerprint density at radius 2 is 1.94 bits per heavy atom. The Morgan fingerprint density at radius 3 is 2.69 bits per heavy atom. The van der Waals surface area contributed by atoms with Gasteiger partial charge in [-0.05, 0) is 73.2 Å². The van der Waals surface area contributed by atoms with E-state index in [9.17, 15) is 4.79 Å². The predicted octanol–water partition coefficient (Wildman–Crippen LogP) is 4.75. The van der Waals surface area contributed by atoms with Crippen molar-refractivity contribution in [3.05, 3.63) is 77.5 Å². The van der Waals surface area contributed by atoms with Gasteiger partial charge in [0.05, 0.1) is 32.4 Å². The number of benzene rings is 2. The predicted molar refractivity (Wildman–Crippen MR) is 137 cm³/mol. The zero-order chi connectivity index (χ0) is 25.1. The molecule has 8 nitrogen and oxygen atoms in total. The fourth-order valence-electron chi connectivity index (χ4n) is 5.05. The standard InChI is InChI=1S/C28H30N4O4/c1-4-36-27-13-23-18(11-26(27)35-3)9-10-32(28(33)20-14-29-17-30-15-20)25(23)8-5-19-16-31-24-7-6-21(34-2)12-22(19)24/h6-7,11-17,25,31H,4-5,8-10H2,1-3H3. The molecule has 3 heterocycles. The lowest BCUT2D eigenvalue weighted by molar-refractivity contribution is 0.0649. The number of nitrogens with zero attached hydrogens (tertiary/aromatic N) is 3. The topological polar surface area (TPSA) is 89.6 Å². The van der Waals surface area contributed by atoms with E-state index in [2.05, 4.69) is 27.1 Å². The summed E-state index contributed by atoms with van der Waals surface area (Å²) in [5.74, 6) is 2.16. The summed E-state index contributed by atoms with van der Waals surface area (Å²) >= 11 is 0. The molecule has 1 N–H and O–H groups in total. The summed E-state index contributed by atoms with van der Waals surface area (Å²) in [7, 11) is 3.33. The van der Waals surface area contributed by atoms with E-state index in [4.69, 9.17) is 14.2 Å². The molecule has 0 aliphatic carbocycles. The first-order valence-corrected chi connectivity index (χ1v) is 12.2. The van der Waals surface area contributed by atoms with Crippen molar-refractivity contribution in [2.24, 2.45) is 0 Å². The molecule has 2 aromatic heterocycles. The summed E-state index contributed by atoms with van der Waals surface area (Å²) in [6, 6.07) is 9.99. The van der Waals surface area contributed by atoms with Crippen molar-refractivity contribution >= 4 is 16.8 Å². The number of carbonyl (C=O) groups excluding carboxylic acids is 1. The number of rotatable bonds is 8.